The van der Waals surface area contributed by atoms with Gasteiger partial charge in [0.05, 0.1) is 11.0 Å². The average molecular weight is 246 g/mol. The third kappa shape index (κ3) is 2.72. The zero-order valence-corrected chi connectivity index (χ0v) is 11.3. The van der Waals surface area contributed by atoms with Gasteiger partial charge in [0.2, 0.25) is 0 Å². The molecule has 0 aliphatic rings. The van der Waals surface area contributed by atoms with Crippen molar-refractivity contribution in [2.75, 3.05) is 6.61 Å². The fourth-order valence-corrected chi connectivity index (χ4v) is 2.20. The number of hydrogen-bond donors (Lipinski definition) is 1. The van der Waals surface area contributed by atoms with Crippen molar-refractivity contribution >= 4 is 11.0 Å². The zero-order valence-electron chi connectivity index (χ0n) is 11.3. The van der Waals surface area contributed by atoms with Crippen LogP contribution in [0.2, 0.25) is 0 Å². The molecule has 3 heteroatoms. The molecule has 98 valence electrons. The Balaban J connectivity index is 2.37. The fourth-order valence-electron chi connectivity index (χ4n) is 2.20. The number of nitrogens with zero attached hydrogens (tertiary/aromatic N) is 2. The molecule has 0 radical (unpaired) electrons. The lowest BCUT2D eigenvalue weighted by Crippen LogP contribution is -2.10. The van der Waals surface area contributed by atoms with Crippen LogP contribution in [0, 0.1) is 5.92 Å². The summed E-state index contributed by atoms with van der Waals surface area (Å²) in [6, 6.07) is 8.28. The predicted octanol–water partition coefficient (Wildman–Crippen LogP) is 3.01. The van der Waals surface area contributed by atoms with Gasteiger partial charge in [0.1, 0.15) is 5.82 Å². The van der Waals surface area contributed by atoms with Gasteiger partial charge in [-0.15, -0.1) is 0 Å². The first-order valence-corrected chi connectivity index (χ1v) is 6.81. The highest BCUT2D eigenvalue weighted by atomic mass is 16.2. The van der Waals surface area contributed by atoms with E-state index in [1.165, 1.54) is 11.9 Å². The van der Waals surface area contributed by atoms with Crippen LogP contribution < -0.4 is 0 Å². The van der Waals surface area contributed by atoms with E-state index in [0.717, 1.165) is 30.7 Å². The van der Waals surface area contributed by atoms with Gasteiger partial charge >= 0.3 is 0 Å². The van der Waals surface area contributed by atoms with Gasteiger partial charge in [0.25, 0.3) is 0 Å². The van der Waals surface area contributed by atoms with Crippen LogP contribution in [0.1, 0.15) is 32.5 Å². The van der Waals surface area contributed by atoms with Crippen molar-refractivity contribution in [3.05, 3.63) is 30.1 Å². The summed E-state index contributed by atoms with van der Waals surface area (Å²) in [4.78, 5) is 4.69. The molecule has 1 heterocycles. The molecule has 0 aliphatic carbocycles. The molecule has 0 spiro atoms. The molecule has 1 aromatic carbocycles. The zero-order chi connectivity index (χ0) is 13.0. The third-order valence-electron chi connectivity index (χ3n) is 3.48. The monoisotopic (exact) mass is 246 g/mol. The summed E-state index contributed by atoms with van der Waals surface area (Å²) in [5.41, 5.74) is 2.28. The summed E-state index contributed by atoms with van der Waals surface area (Å²) in [6.45, 7) is 5.73. The van der Waals surface area contributed by atoms with Crippen LogP contribution in [0.15, 0.2) is 24.3 Å². The first kappa shape index (κ1) is 13.1. The molecule has 0 amide bonds. The molecule has 2 rings (SSSR count). The van der Waals surface area contributed by atoms with Crippen molar-refractivity contribution in [1.29, 1.82) is 0 Å². The van der Waals surface area contributed by atoms with Gasteiger partial charge in [0, 0.05) is 19.6 Å². The Labute approximate surface area is 108 Å². The lowest BCUT2D eigenvalue weighted by Gasteiger charge is -2.13. The Kier molecular flexibility index (Phi) is 4.37. The predicted molar refractivity (Wildman–Crippen MR) is 74.6 cm³/mol. The highest BCUT2D eigenvalue weighted by molar-refractivity contribution is 5.75. The molecule has 1 N–H and O–H groups in total. The number of aromatic nitrogens is 2. The fraction of sp³-hybridized carbons (Fsp3) is 0.533. The maximum absolute atomic E-state index is 8.98. The van der Waals surface area contributed by atoms with E-state index in [1.54, 1.807) is 0 Å². The van der Waals surface area contributed by atoms with E-state index in [2.05, 4.69) is 41.6 Å². The molecule has 0 saturated carbocycles. The van der Waals surface area contributed by atoms with Gasteiger partial charge in [-0.25, -0.2) is 4.98 Å². The molecule has 0 saturated heterocycles. The van der Waals surface area contributed by atoms with Gasteiger partial charge in [0.15, 0.2) is 0 Å². The van der Waals surface area contributed by atoms with Crippen molar-refractivity contribution in [1.82, 2.24) is 9.55 Å². The van der Waals surface area contributed by atoms with Crippen LogP contribution in [0.25, 0.3) is 11.0 Å². The van der Waals surface area contributed by atoms with E-state index in [1.807, 2.05) is 6.07 Å². The molecule has 0 aliphatic heterocycles. The van der Waals surface area contributed by atoms with Gasteiger partial charge in [-0.3, -0.25) is 0 Å². The highest BCUT2D eigenvalue weighted by Gasteiger charge is 2.11. The normalized spacial score (nSPS) is 13.1. The number of fused-ring (bicyclic) bond motifs is 1. The molecule has 1 aromatic heterocycles. The number of hydrogen-bond acceptors (Lipinski definition) is 2. The Morgan fingerprint density at radius 2 is 2.11 bits per heavy atom. The van der Waals surface area contributed by atoms with Crippen molar-refractivity contribution in [3.8, 4) is 0 Å². The van der Waals surface area contributed by atoms with E-state index in [4.69, 9.17) is 5.11 Å². The molecule has 1 atom stereocenters. The Hall–Kier alpha value is -1.35. The molecule has 0 unspecified atom stereocenters. The minimum absolute atomic E-state index is 0.229. The second-order valence-electron chi connectivity index (χ2n) is 4.97. The molecule has 0 fully saturated rings. The van der Waals surface area contributed by atoms with E-state index in [-0.39, 0.29) is 6.61 Å². The van der Waals surface area contributed by atoms with Crippen LogP contribution in [0.4, 0.5) is 0 Å². The maximum Gasteiger partial charge on any atom is 0.109 e. The van der Waals surface area contributed by atoms with E-state index >= 15 is 0 Å². The number of aliphatic hydroxyl groups is 1. The van der Waals surface area contributed by atoms with Crippen LogP contribution in [0.5, 0.6) is 0 Å². The van der Waals surface area contributed by atoms with Gasteiger partial charge in [-0.05, 0) is 24.5 Å². The third-order valence-corrected chi connectivity index (χ3v) is 3.48. The molecule has 2 aromatic rings. The average Bonchev–Trinajstić information content (AvgIpc) is 2.74. The highest BCUT2D eigenvalue weighted by Crippen LogP contribution is 2.19. The maximum atomic E-state index is 8.98. The summed E-state index contributed by atoms with van der Waals surface area (Å²) in [7, 11) is 0. The second kappa shape index (κ2) is 6.01. The summed E-state index contributed by atoms with van der Waals surface area (Å²) in [5, 5.41) is 8.98. The van der Waals surface area contributed by atoms with E-state index in [9.17, 15) is 0 Å². The number of imidazole rings is 1. The number of para-hydroxylation sites is 2. The molecular formula is C15H22N2O. The SMILES string of the molecule is CC[C@H](C)Cn1c(CCCO)nc2ccccc21. The van der Waals surface area contributed by atoms with Crippen LogP contribution in [0.3, 0.4) is 0 Å². The first-order valence-electron chi connectivity index (χ1n) is 6.81. The number of benzene rings is 1. The van der Waals surface area contributed by atoms with E-state index < -0.39 is 0 Å². The van der Waals surface area contributed by atoms with Crippen LogP contribution >= 0.6 is 0 Å². The van der Waals surface area contributed by atoms with Crippen LogP contribution in [-0.4, -0.2) is 21.3 Å². The molecule has 3 nitrogen and oxygen atoms in total. The smallest absolute Gasteiger partial charge is 0.109 e. The van der Waals surface area contributed by atoms with Crippen molar-refractivity contribution < 1.29 is 5.11 Å². The Morgan fingerprint density at radius 1 is 1.33 bits per heavy atom. The summed E-state index contributed by atoms with van der Waals surface area (Å²) in [6.07, 6.45) is 2.80. The summed E-state index contributed by atoms with van der Waals surface area (Å²) >= 11 is 0. The first-order chi connectivity index (χ1) is 8.76. The minimum Gasteiger partial charge on any atom is -0.396 e. The second-order valence-corrected chi connectivity index (χ2v) is 4.97. The van der Waals surface area contributed by atoms with Crippen LogP contribution in [-0.2, 0) is 13.0 Å². The Bertz CT molecular complexity index is 504. The van der Waals surface area contributed by atoms with Gasteiger partial charge in [-0.1, -0.05) is 32.4 Å². The standard InChI is InChI=1S/C15H22N2O/c1-3-12(2)11-17-14-8-5-4-7-13(14)16-15(17)9-6-10-18/h4-5,7-8,12,18H,3,6,9-11H2,1-2H3/t12-/m0/s1. The Morgan fingerprint density at radius 3 is 2.83 bits per heavy atom. The number of aliphatic hydroxyl groups excluding tert-OH is 1. The van der Waals surface area contributed by atoms with Gasteiger partial charge in [-0.2, -0.15) is 0 Å². The lowest BCUT2D eigenvalue weighted by molar-refractivity contribution is 0.286. The number of aryl methyl sites for hydroxylation is 1. The molecule has 18 heavy (non-hydrogen) atoms. The molecular weight excluding hydrogens is 224 g/mol. The van der Waals surface area contributed by atoms with Crippen molar-refractivity contribution in [2.45, 2.75) is 39.7 Å². The summed E-state index contributed by atoms with van der Waals surface area (Å²) in [5.74, 6) is 1.75. The quantitative estimate of drug-likeness (QED) is 0.851. The lowest BCUT2D eigenvalue weighted by atomic mass is 10.1. The van der Waals surface area contributed by atoms with E-state index in [0.29, 0.717) is 5.92 Å². The van der Waals surface area contributed by atoms with Gasteiger partial charge < -0.3 is 9.67 Å². The largest absolute Gasteiger partial charge is 0.396 e. The molecule has 0 bridgehead atoms. The minimum atomic E-state index is 0.229. The van der Waals surface area contributed by atoms with Crippen molar-refractivity contribution in [2.24, 2.45) is 5.92 Å². The summed E-state index contributed by atoms with van der Waals surface area (Å²) < 4.78 is 2.32. The van der Waals surface area contributed by atoms with Crippen molar-refractivity contribution in [3.63, 3.8) is 0 Å². The topological polar surface area (TPSA) is 38.0 Å². The number of rotatable bonds is 6.